The number of esters is 1. The van der Waals surface area contributed by atoms with Gasteiger partial charge in [0.05, 0.1) is 23.4 Å². The number of hydrogen-bond acceptors (Lipinski definition) is 5. The second-order valence-corrected chi connectivity index (χ2v) is 5.80. The second-order valence-electron chi connectivity index (χ2n) is 4.26. The highest BCUT2D eigenvalue weighted by molar-refractivity contribution is 7.14. The van der Waals surface area contributed by atoms with Gasteiger partial charge in [-0.2, -0.15) is 5.10 Å². The molecule has 0 aliphatic carbocycles. The molecule has 0 unspecified atom stereocenters. The van der Waals surface area contributed by atoms with Crippen LogP contribution < -0.4 is 0 Å². The minimum Gasteiger partial charge on any atom is -0.463 e. The first kappa shape index (κ1) is 14.0. The summed E-state index contributed by atoms with van der Waals surface area (Å²) in [5.41, 5.74) is 0.888. The van der Waals surface area contributed by atoms with E-state index in [1.807, 2.05) is 25.3 Å². The number of thiophene rings is 1. The van der Waals surface area contributed by atoms with E-state index in [0.29, 0.717) is 16.7 Å². The topological polar surface area (TPSA) is 57.0 Å². The Hall–Kier alpha value is -1.40. The zero-order valence-electron chi connectivity index (χ0n) is 10.7. The Kier molecular flexibility index (Phi) is 4.55. The highest BCUT2D eigenvalue weighted by atomic mass is 35.5. The van der Waals surface area contributed by atoms with Crippen molar-refractivity contribution < 1.29 is 9.53 Å². The van der Waals surface area contributed by atoms with E-state index in [0.717, 1.165) is 5.56 Å². The molecule has 2 rings (SSSR count). The Labute approximate surface area is 120 Å². The lowest BCUT2D eigenvalue weighted by molar-refractivity contribution is -0.147. The summed E-state index contributed by atoms with van der Waals surface area (Å²) >= 11 is 7.30. The molecule has 0 radical (unpaired) electrons. The largest absolute Gasteiger partial charge is 0.463 e. The van der Waals surface area contributed by atoms with Gasteiger partial charge in [-0.05, 0) is 19.9 Å². The quantitative estimate of drug-likeness (QED) is 0.796. The van der Waals surface area contributed by atoms with Gasteiger partial charge >= 0.3 is 5.97 Å². The van der Waals surface area contributed by atoms with Gasteiger partial charge in [-0.15, -0.1) is 11.3 Å². The summed E-state index contributed by atoms with van der Waals surface area (Å²) in [5.74, 6) is 0.381. The summed E-state index contributed by atoms with van der Waals surface area (Å²) in [4.78, 5) is 15.6. The molecule has 0 N–H and O–H groups in total. The molecule has 0 fully saturated rings. The lowest BCUT2D eigenvalue weighted by atomic mass is 10.3. The Morgan fingerprint density at radius 3 is 3.00 bits per heavy atom. The van der Waals surface area contributed by atoms with Gasteiger partial charge in [0.2, 0.25) is 0 Å². The van der Waals surface area contributed by atoms with Crippen LogP contribution in [-0.4, -0.2) is 26.8 Å². The molecule has 0 bridgehead atoms. The molecule has 5 nitrogen and oxygen atoms in total. The Morgan fingerprint density at radius 1 is 1.58 bits per heavy atom. The Balaban J connectivity index is 1.93. The van der Waals surface area contributed by atoms with Gasteiger partial charge < -0.3 is 4.74 Å². The first-order valence-electron chi connectivity index (χ1n) is 5.88. The molecular weight excluding hydrogens is 286 g/mol. The maximum atomic E-state index is 11.4. The summed E-state index contributed by atoms with van der Waals surface area (Å²) in [7, 11) is 0. The molecule has 2 aromatic rings. The summed E-state index contributed by atoms with van der Waals surface area (Å²) < 4.78 is 7.38. The average molecular weight is 300 g/mol. The molecular formula is C12H14ClN3O2S. The van der Waals surface area contributed by atoms with Crippen molar-refractivity contribution in [3.05, 3.63) is 22.1 Å². The van der Waals surface area contributed by atoms with Crippen LogP contribution in [0.3, 0.4) is 0 Å². The molecule has 0 saturated carbocycles. The van der Waals surface area contributed by atoms with E-state index in [4.69, 9.17) is 16.3 Å². The molecule has 0 saturated heterocycles. The van der Waals surface area contributed by atoms with E-state index in [2.05, 4.69) is 10.1 Å². The number of carbonyl (C=O) groups excluding carboxylic acids is 1. The van der Waals surface area contributed by atoms with Crippen molar-refractivity contribution in [1.82, 2.24) is 14.8 Å². The van der Waals surface area contributed by atoms with Crippen LogP contribution in [0.25, 0.3) is 11.4 Å². The van der Waals surface area contributed by atoms with Crippen LogP contribution in [0.1, 0.15) is 20.3 Å². The fourth-order valence-electron chi connectivity index (χ4n) is 1.49. The number of carbonyl (C=O) groups is 1. The lowest BCUT2D eigenvalue weighted by Crippen LogP contribution is -2.14. The van der Waals surface area contributed by atoms with E-state index in [1.165, 1.54) is 11.3 Å². The molecule has 0 atom stereocenters. The number of aromatic nitrogens is 3. The van der Waals surface area contributed by atoms with E-state index in [1.54, 1.807) is 11.0 Å². The van der Waals surface area contributed by atoms with Crippen LogP contribution in [0.4, 0.5) is 0 Å². The minimum absolute atomic E-state index is 0.0910. The van der Waals surface area contributed by atoms with Gasteiger partial charge in [0.25, 0.3) is 0 Å². The van der Waals surface area contributed by atoms with Gasteiger partial charge in [-0.3, -0.25) is 9.48 Å². The number of ether oxygens (including phenoxy) is 1. The van der Waals surface area contributed by atoms with Gasteiger partial charge in [0, 0.05) is 10.9 Å². The second kappa shape index (κ2) is 6.16. The fraction of sp³-hybridized carbons (Fsp3) is 0.417. The fourth-order valence-corrected chi connectivity index (χ4v) is 2.35. The third-order valence-corrected chi connectivity index (χ3v) is 3.37. The van der Waals surface area contributed by atoms with Crippen molar-refractivity contribution >= 4 is 28.9 Å². The highest BCUT2D eigenvalue weighted by Gasteiger charge is 2.09. The van der Waals surface area contributed by atoms with Crippen LogP contribution >= 0.6 is 22.9 Å². The van der Waals surface area contributed by atoms with Crippen molar-refractivity contribution in [2.45, 2.75) is 32.9 Å². The molecule has 0 spiro atoms. The third kappa shape index (κ3) is 4.04. The van der Waals surface area contributed by atoms with E-state index in [9.17, 15) is 4.79 Å². The predicted molar refractivity (Wildman–Crippen MR) is 74.2 cm³/mol. The third-order valence-electron chi connectivity index (χ3n) is 2.27. The molecule has 0 amide bonds. The van der Waals surface area contributed by atoms with Gasteiger partial charge in [-0.25, -0.2) is 4.98 Å². The first-order valence-corrected chi connectivity index (χ1v) is 7.13. The molecule has 2 heterocycles. The van der Waals surface area contributed by atoms with Crippen LogP contribution in [0.5, 0.6) is 0 Å². The number of hydrogen-bond donors (Lipinski definition) is 0. The maximum Gasteiger partial charge on any atom is 0.307 e. The van der Waals surface area contributed by atoms with E-state index in [-0.39, 0.29) is 18.5 Å². The summed E-state index contributed by atoms with van der Waals surface area (Å²) in [6.07, 6.45) is 1.79. The normalized spacial score (nSPS) is 10.9. The van der Waals surface area contributed by atoms with E-state index >= 15 is 0 Å². The van der Waals surface area contributed by atoms with Crippen LogP contribution in [0.15, 0.2) is 17.8 Å². The number of halogens is 1. The zero-order valence-corrected chi connectivity index (χ0v) is 12.2. The molecule has 19 heavy (non-hydrogen) atoms. The van der Waals surface area contributed by atoms with Crippen molar-refractivity contribution in [2.75, 3.05) is 0 Å². The lowest BCUT2D eigenvalue weighted by Gasteiger charge is -2.07. The first-order chi connectivity index (χ1) is 9.04. The van der Waals surface area contributed by atoms with Crippen LogP contribution in [-0.2, 0) is 16.1 Å². The Morgan fingerprint density at radius 2 is 2.37 bits per heavy atom. The van der Waals surface area contributed by atoms with Gasteiger partial charge in [-0.1, -0.05) is 11.6 Å². The monoisotopic (exact) mass is 299 g/mol. The molecule has 0 aromatic carbocycles. The Bertz CT molecular complexity index is 565. The molecule has 102 valence electrons. The van der Waals surface area contributed by atoms with Crippen LogP contribution in [0.2, 0.25) is 4.34 Å². The smallest absolute Gasteiger partial charge is 0.307 e. The maximum absolute atomic E-state index is 11.4. The SMILES string of the molecule is CC(C)OC(=O)CCn1cnc(-c2csc(Cl)c2)n1. The van der Waals surface area contributed by atoms with Crippen LogP contribution in [0, 0.1) is 0 Å². The van der Waals surface area contributed by atoms with Gasteiger partial charge in [0.15, 0.2) is 5.82 Å². The van der Waals surface area contributed by atoms with Crippen molar-refractivity contribution in [3.8, 4) is 11.4 Å². The highest BCUT2D eigenvalue weighted by Crippen LogP contribution is 2.26. The minimum atomic E-state index is -0.231. The summed E-state index contributed by atoms with van der Waals surface area (Å²) in [6.45, 7) is 4.11. The summed E-state index contributed by atoms with van der Waals surface area (Å²) in [5, 5.41) is 6.19. The van der Waals surface area contributed by atoms with Crippen molar-refractivity contribution in [2.24, 2.45) is 0 Å². The number of aryl methyl sites for hydroxylation is 1. The van der Waals surface area contributed by atoms with E-state index < -0.39 is 0 Å². The molecule has 7 heteroatoms. The molecule has 0 aliphatic heterocycles. The number of nitrogens with zero attached hydrogens (tertiary/aromatic N) is 3. The predicted octanol–water partition coefficient (Wildman–Crippen LogP) is 3.00. The standard InChI is InChI=1S/C12H14ClN3O2S/c1-8(2)18-11(17)3-4-16-7-14-12(15-16)9-5-10(13)19-6-9/h5-8H,3-4H2,1-2H3. The number of rotatable bonds is 5. The molecule has 2 aromatic heterocycles. The average Bonchev–Trinajstić information content (AvgIpc) is 2.94. The van der Waals surface area contributed by atoms with Gasteiger partial charge in [0.1, 0.15) is 6.33 Å². The molecule has 0 aliphatic rings. The zero-order chi connectivity index (χ0) is 13.8. The summed E-state index contributed by atoms with van der Waals surface area (Å²) in [6, 6.07) is 1.82. The van der Waals surface area contributed by atoms with Crippen molar-refractivity contribution in [1.29, 1.82) is 0 Å². The van der Waals surface area contributed by atoms with Crippen molar-refractivity contribution in [3.63, 3.8) is 0 Å².